The van der Waals surface area contributed by atoms with Gasteiger partial charge in [-0.15, -0.1) is 11.3 Å². The molecule has 2 rings (SSSR count). The van der Waals surface area contributed by atoms with Crippen molar-refractivity contribution in [3.63, 3.8) is 0 Å². The number of thiazole rings is 1. The summed E-state index contributed by atoms with van der Waals surface area (Å²) >= 11 is 1.68. The number of rotatable bonds is 3. The molecule has 1 aromatic rings. The first-order valence-corrected chi connectivity index (χ1v) is 7.12. The van der Waals surface area contributed by atoms with E-state index in [1.807, 2.05) is 20.8 Å². The molecule has 0 amide bonds. The summed E-state index contributed by atoms with van der Waals surface area (Å²) in [5, 5.41) is 10.5. The molecule has 0 radical (unpaired) electrons. The quantitative estimate of drug-likeness (QED) is 0.916. The second-order valence-electron chi connectivity index (χ2n) is 5.23. The summed E-state index contributed by atoms with van der Waals surface area (Å²) in [5.74, 6) is -0.717. The normalized spacial score (nSPS) is 26.4. The third-order valence-electron chi connectivity index (χ3n) is 3.94. The fourth-order valence-electron chi connectivity index (χ4n) is 2.91. The molecule has 1 aromatic heterocycles. The molecule has 0 bridgehead atoms. The molecule has 2 unspecified atom stereocenters. The molecule has 1 N–H and O–H groups in total. The molecule has 1 aliphatic rings. The second-order valence-corrected chi connectivity index (χ2v) is 6.47. The maximum absolute atomic E-state index is 11.5. The van der Waals surface area contributed by atoms with Gasteiger partial charge in [-0.05, 0) is 47.1 Å². The Morgan fingerprint density at radius 3 is 2.72 bits per heavy atom. The number of aryl methyl sites for hydroxylation is 2. The third kappa shape index (κ3) is 2.06. The van der Waals surface area contributed by atoms with Crippen LogP contribution in [0.3, 0.4) is 0 Å². The van der Waals surface area contributed by atoms with Crippen molar-refractivity contribution in [2.24, 2.45) is 0 Å². The Bertz CT molecular complexity index is 472. The highest BCUT2D eigenvalue weighted by atomic mass is 32.1. The minimum atomic E-state index is -0.732. The van der Waals surface area contributed by atoms with Crippen LogP contribution in [-0.2, 0) is 4.79 Å². The molecule has 4 nitrogen and oxygen atoms in total. The van der Waals surface area contributed by atoms with Gasteiger partial charge in [0.1, 0.15) is 5.54 Å². The fraction of sp³-hybridized carbons (Fsp3) is 0.692. The molecule has 5 heteroatoms. The van der Waals surface area contributed by atoms with Crippen LogP contribution < -0.4 is 0 Å². The van der Waals surface area contributed by atoms with E-state index in [0.717, 1.165) is 30.1 Å². The highest BCUT2D eigenvalue weighted by Crippen LogP contribution is 2.39. The van der Waals surface area contributed by atoms with Crippen molar-refractivity contribution >= 4 is 17.3 Å². The summed E-state index contributed by atoms with van der Waals surface area (Å²) in [6.45, 7) is 8.77. The van der Waals surface area contributed by atoms with E-state index in [4.69, 9.17) is 0 Å². The second kappa shape index (κ2) is 4.63. The van der Waals surface area contributed by atoms with E-state index in [0.29, 0.717) is 0 Å². The minimum Gasteiger partial charge on any atom is -0.480 e. The molecule has 0 saturated carbocycles. The zero-order valence-corrected chi connectivity index (χ0v) is 12.2. The summed E-state index contributed by atoms with van der Waals surface area (Å²) in [4.78, 5) is 19.2. The van der Waals surface area contributed by atoms with Crippen LogP contribution in [0.4, 0.5) is 0 Å². The number of nitrogens with zero attached hydrogens (tertiary/aromatic N) is 2. The third-order valence-corrected chi connectivity index (χ3v) is 5.19. The van der Waals surface area contributed by atoms with Gasteiger partial charge in [0.15, 0.2) is 0 Å². The smallest absolute Gasteiger partial charge is 0.323 e. The lowest BCUT2D eigenvalue weighted by Gasteiger charge is -2.35. The zero-order valence-electron chi connectivity index (χ0n) is 11.4. The predicted molar refractivity (Wildman–Crippen MR) is 72.0 cm³/mol. The van der Waals surface area contributed by atoms with Crippen molar-refractivity contribution in [1.82, 2.24) is 9.88 Å². The Hall–Kier alpha value is -0.940. The summed E-state index contributed by atoms with van der Waals surface area (Å²) in [6.07, 6.45) is 1.67. The van der Waals surface area contributed by atoms with Crippen molar-refractivity contribution in [2.45, 2.75) is 52.1 Å². The molecule has 0 aromatic carbocycles. The van der Waals surface area contributed by atoms with Gasteiger partial charge in [-0.3, -0.25) is 9.69 Å². The van der Waals surface area contributed by atoms with Crippen LogP contribution in [0.15, 0.2) is 0 Å². The first-order valence-electron chi connectivity index (χ1n) is 6.30. The molecule has 0 spiro atoms. The van der Waals surface area contributed by atoms with E-state index >= 15 is 0 Å². The average molecular weight is 268 g/mol. The predicted octanol–water partition coefficient (Wildman–Crippen LogP) is 2.76. The Labute approximate surface area is 112 Å². The van der Waals surface area contributed by atoms with Gasteiger partial charge in [0, 0.05) is 10.9 Å². The number of carbonyl (C=O) groups is 1. The maximum Gasteiger partial charge on any atom is 0.323 e. The van der Waals surface area contributed by atoms with Gasteiger partial charge in [0.05, 0.1) is 10.7 Å². The first kappa shape index (κ1) is 13.5. The number of carboxylic acids is 1. The molecule has 1 fully saturated rings. The highest BCUT2D eigenvalue weighted by Gasteiger charge is 2.46. The zero-order chi connectivity index (χ0) is 13.5. The SMILES string of the molecule is Cc1nc(C)c(C(C)N2CCCC2(C)C(=O)O)s1. The lowest BCUT2D eigenvalue weighted by atomic mass is 9.97. The van der Waals surface area contributed by atoms with Gasteiger partial charge >= 0.3 is 5.97 Å². The summed E-state index contributed by atoms with van der Waals surface area (Å²) in [7, 11) is 0. The summed E-state index contributed by atoms with van der Waals surface area (Å²) < 4.78 is 0. The lowest BCUT2D eigenvalue weighted by Crippen LogP contribution is -2.48. The molecular formula is C13H20N2O2S. The number of aromatic nitrogens is 1. The Morgan fingerprint density at radius 1 is 1.56 bits per heavy atom. The molecule has 2 atom stereocenters. The number of carboxylic acid groups (broad SMARTS) is 1. The number of hydrogen-bond acceptors (Lipinski definition) is 4. The monoisotopic (exact) mass is 268 g/mol. The van der Waals surface area contributed by atoms with E-state index in [2.05, 4.69) is 16.8 Å². The van der Waals surface area contributed by atoms with Gasteiger partial charge in [0.2, 0.25) is 0 Å². The summed E-state index contributed by atoms with van der Waals surface area (Å²) in [5.41, 5.74) is 0.300. The molecule has 100 valence electrons. The molecule has 0 aliphatic carbocycles. The van der Waals surface area contributed by atoms with Crippen LogP contribution in [0.2, 0.25) is 0 Å². The van der Waals surface area contributed by atoms with Crippen LogP contribution in [0.1, 0.15) is 48.3 Å². The van der Waals surface area contributed by atoms with Gasteiger partial charge < -0.3 is 5.11 Å². The van der Waals surface area contributed by atoms with Crippen LogP contribution in [0, 0.1) is 13.8 Å². The lowest BCUT2D eigenvalue weighted by molar-refractivity contribution is -0.149. The van der Waals surface area contributed by atoms with Crippen LogP contribution in [-0.4, -0.2) is 33.0 Å². The topological polar surface area (TPSA) is 53.4 Å². The van der Waals surface area contributed by atoms with E-state index in [1.165, 1.54) is 4.88 Å². The number of hydrogen-bond donors (Lipinski definition) is 1. The standard InChI is InChI=1S/C13H20N2O2S/c1-8-11(18-10(3)14-8)9(2)15-7-5-6-13(15,4)12(16)17/h9H,5-7H2,1-4H3,(H,16,17). The van der Waals surface area contributed by atoms with Crippen molar-refractivity contribution in [1.29, 1.82) is 0 Å². The van der Waals surface area contributed by atoms with Gasteiger partial charge in [-0.25, -0.2) is 4.98 Å². The Kier molecular flexibility index (Phi) is 3.47. The van der Waals surface area contributed by atoms with Crippen molar-refractivity contribution in [3.8, 4) is 0 Å². The fourth-order valence-corrected chi connectivity index (χ4v) is 3.90. The maximum atomic E-state index is 11.5. The van der Waals surface area contributed by atoms with E-state index in [9.17, 15) is 9.90 Å². The van der Waals surface area contributed by atoms with Crippen molar-refractivity contribution in [3.05, 3.63) is 15.6 Å². The van der Waals surface area contributed by atoms with Gasteiger partial charge in [0.25, 0.3) is 0 Å². The number of likely N-dealkylation sites (tertiary alicyclic amines) is 1. The van der Waals surface area contributed by atoms with Gasteiger partial charge in [-0.2, -0.15) is 0 Å². The Morgan fingerprint density at radius 2 is 2.22 bits per heavy atom. The van der Waals surface area contributed by atoms with E-state index in [1.54, 1.807) is 11.3 Å². The number of aliphatic carboxylic acids is 1. The van der Waals surface area contributed by atoms with Crippen molar-refractivity contribution < 1.29 is 9.90 Å². The van der Waals surface area contributed by atoms with Crippen molar-refractivity contribution in [2.75, 3.05) is 6.54 Å². The first-order chi connectivity index (χ1) is 8.36. The van der Waals surface area contributed by atoms with Crippen LogP contribution >= 0.6 is 11.3 Å². The van der Waals surface area contributed by atoms with Crippen LogP contribution in [0.5, 0.6) is 0 Å². The van der Waals surface area contributed by atoms with Crippen LogP contribution in [0.25, 0.3) is 0 Å². The van der Waals surface area contributed by atoms with E-state index in [-0.39, 0.29) is 6.04 Å². The molecule has 18 heavy (non-hydrogen) atoms. The largest absolute Gasteiger partial charge is 0.480 e. The average Bonchev–Trinajstić information content (AvgIpc) is 2.82. The Balaban J connectivity index is 2.31. The van der Waals surface area contributed by atoms with Gasteiger partial charge in [-0.1, -0.05) is 0 Å². The molecular weight excluding hydrogens is 248 g/mol. The molecule has 1 saturated heterocycles. The molecule has 1 aliphatic heterocycles. The minimum absolute atomic E-state index is 0.125. The summed E-state index contributed by atoms with van der Waals surface area (Å²) in [6, 6.07) is 0.125. The molecule has 2 heterocycles. The highest BCUT2D eigenvalue weighted by molar-refractivity contribution is 7.11. The van der Waals surface area contributed by atoms with E-state index < -0.39 is 11.5 Å².